The molecule has 12 heteroatoms. The number of piperidine rings is 1. The van der Waals surface area contributed by atoms with E-state index in [1.807, 2.05) is 18.2 Å². The van der Waals surface area contributed by atoms with Gasteiger partial charge in [-0.05, 0) is 42.7 Å². The number of rotatable bonds is 7. The molecular weight excluding hydrogens is 535 g/mol. The standard InChI is InChI=1S/C26H30N4O6.2ClH/c1-33-23-6-4-18-24(29-23)19(7-10-27-18)28-25(32)26(34-2)8-11-30(12-9-26)16-20(31)17-3-5-21-22(15-17)36-14-13-35-21;;/h3-7,10,15,20,31H,8-9,11-14,16H2,1-2H3,(H,27,28,32);2*1H. The number of amides is 1. The fourth-order valence-corrected chi connectivity index (χ4v) is 4.70. The van der Waals surface area contributed by atoms with Gasteiger partial charge in [0.25, 0.3) is 5.91 Å². The molecule has 2 aliphatic heterocycles. The third kappa shape index (κ3) is 6.05. The van der Waals surface area contributed by atoms with Gasteiger partial charge in [0.05, 0.1) is 24.4 Å². The molecule has 0 saturated carbocycles. The second kappa shape index (κ2) is 12.8. The first-order valence-corrected chi connectivity index (χ1v) is 12.0. The summed E-state index contributed by atoms with van der Waals surface area (Å²) in [5.74, 6) is 1.57. The summed E-state index contributed by atoms with van der Waals surface area (Å²) in [5, 5.41) is 13.8. The van der Waals surface area contributed by atoms with Crippen molar-refractivity contribution in [3.05, 3.63) is 48.2 Å². The number of aliphatic hydroxyl groups is 1. The second-order valence-corrected chi connectivity index (χ2v) is 8.95. The highest BCUT2D eigenvalue weighted by atomic mass is 35.5. The van der Waals surface area contributed by atoms with Crippen LogP contribution in [-0.2, 0) is 9.53 Å². The Labute approximate surface area is 233 Å². The molecule has 2 aromatic heterocycles. The lowest BCUT2D eigenvalue weighted by Crippen LogP contribution is -2.53. The summed E-state index contributed by atoms with van der Waals surface area (Å²) in [4.78, 5) is 24.3. The number of nitrogens with zero attached hydrogens (tertiary/aromatic N) is 3. The molecule has 1 saturated heterocycles. The quantitative estimate of drug-likeness (QED) is 0.443. The van der Waals surface area contributed by atoms with E-state index < -0.39 is 11.7 Å². The second-order valence-electron chi connectivity index (χ2n) is 8.95. The molecule has 10 nitrogen and oxygen atoms in total. The number of nitrogens with one attached hydrogen (secondary N) is 1. The summed E-state index contributed by atoms with van der Waals surface area (Å²) in [5.41, 5.74) is 1.55. The van der Waals surface area contributed by atoms with E-state index in [1.165, 1.54) is 0 Å². The number of ether oxygens (including phenoxy) is 4. The minimum Gasteiger partial charge on any atom is -0.486 e. The SMILES string of the molecule is COc1ccc2nccc(NC(=O)C3(OC)CCN(CC(O)c4ccc5c(c4)OCCO5)CC3)c2n1.Cl.Cl. The third-order valence-electron chi connectivity index (χ3n) is 6.87. The van der Waals surface area contributed by atoms with E-state index in [-0.39, 0.29) is 30.7 Å². The Bertz CT molecular complexity index is 1260. The molecule has 3 aromatic rings. The fraction of sp³-hybridized carbons (Fsp3) is 0.423. The summed E-state index contributed by atoms with van der Waals surface area (Å²) in [6.45, 7) is 2.68. The number of likely N-dealkylation sites (tertiary alicyclic amines) is 1. The van der Waals surface area contributed by atoms with Crippen LogP contribution in [0.15, 0.2) is 42.6 Å². The number of aromatic nitrogens is 2. The van der Waals surface area contributed by atoms with E-state index in [2.05, 4.69) is 20.2 Å². The van der Waals surface area contributed by atoms with Gasteiger partial charge in [-0.1, -0.05) is 6.07 Å². The van der Waals surface area contributed by atoms with Crippen molar-refractivity contribution < 1.29 is 28.8 Å². The van der Waals surface area contributed by atoms with Crippen LogP contribution in [0.1, 0.15) is 24.5 Å². The Morgan fingerprint density at radius 3 is 2.55 bits per heavy atom. The van der Waals surface area contributed by atoms with Crippen molar-refractivity contribution in [3.63, 3.8) is 0 Å². The number of fused-ring (bicyclic) bond motifs is 2. The van der Waals surface area contributed by atoms with Crippen molar-refractivity contribution in [3.8, 4) is 17.4 Å². The van der Waals surface area contributed by atoms with Gasteiger partial charge in [-0.15, -0.1) is 24.8 Å². The number of methoxy groups -OCH3 is 2. The van der Waals surface area contributed by atoms with Crippen LogP contribution in [-0.4, -0.2) is 78.6 Å². The first-order chi connectivity index (χ1) is 17.5. The average Bonchev–Trinajstić information content (AvgIpc) is 2.93. The lowest BCUT2D eigenvalue weighted by Gasteiger charge is -2.40. The molecule has 0 spiro atoms. The predicted molar refractivity (Wildman–Crippen MR) is 147 cm³/mol. The van der Waals surface area contributed by atoms with Gasteiger partial charge in [0, 0.05) is 39.0 Å². The number of carbonyl (C=O) groups excluding carboxylic acids is 1. The fourth-order valence-electron chi connectivity index (χ4n) is 4.70. The van der Waals surface area contributed by atoms with E-state index in [4.69, 9.17) is 18.9 Å². The van der Waals surface area contributed by atoms with Crippen LogP contribution in [0.25, 0.3) is 11.0 Å². The van der Waals surface area contributed by atoms with Gasteiger partial charge < -0.3 is 34.3 Å². The van der Waals surface area contributed by atoms with Gasteiger partial charge in [0.15, 0.2) is 11.5 Å². The third-order valence-corrected chi connectivity index (χ3v) is 6.87. The monoisotopic (exact) mass is 566 g/mol. The van der Waals surface area contributed by atoms with Crippen LogP contribution < -0.4 is 19.5 Å². The Morgan fingerprint density at radius 2 is 1.84 bits per heavy atom. The van der Waals surface area contributed by atoms with E-state index >= 15 is 0 Å². The van der Waals surface area contributed by atoms with Gasteiger partial charge in [0.2, 0.25) is 5.88 Å². The van der Waals surface area contributed by atoms with Gasteiger partial charge in [-0.3, -0.25) is 9.78 Å². The normalized spacial score (nSPS) is 17.0. The van der Waals surface area contributed by atoms with Crippen LogP contribution in [0, 0.1) is 0 Å². The highest BCUT2D eigenvalue weighted by Gasteiger charge is 2.42. The molecule has 0 radical (unpaired) electrons. The maximum absolute atomic E-state index is 13.4. The van der Waals surface area contributed by atoms with Crippen LogP contribution in [0.2, 0.25) is 0 Å². The van der Waals surface area contributed by atoms with E-state index in [0.717, 1.165) is 5.56 Å². The van der Waals surface area contributed by atoms with Crippen molar-refractivity contribution in [2.45, 2.75) is 24.5 Å². The number of pyridine rings is 2. The maximum atomic E-state index is 13.4. The summed E-state index contributed by atoms with van der Waals surface area (Å²) in [7, 11) is 3.10. The zero-order valence-electron chi connectivity index (χ0n) is 21.2. The number of halogens is 2. The first kappa shape index (κ1) is 29.7. The largest absolute Gasteiger partial charge is 0.486 e. The lowest BCUT2D eigenvalue weighted by atomic mass is 9.89. The molecular formula is C26H32Cl2N4O6. The molecule has 1 fully saturated rings. The first-order valence-electron chi connectivity index (χ1n) is 12.0. The zero-order valence-corrected chi connectivity index (χ0v) is 22.8. The molecule has 1 aromatic carbocycles. The van der Waals surface area contributed by atoms with Crippen LogP contribution in [0.5, 0.6) is 17.4 Å². The van der Waals surface area contributed by atoms with E-state index in [0.29, 0.717) is 79.8 Å². The van der Waals surface area contributed by atoms with Gasteiger partial charge in [0.1, 0.15) is 24.3 Å². The van der Waals surface area contributed by atoms with Gasteiger partial charge in [-0.25, -0.2) is 4.98 Å². The number of carbonyl (C=O) groups is 1. The molecule has 5 rings (SSSR count). The van der Waals surface area contributed by atoms with Crippen LogP contribution in [0.3, 0.4) is 0 Å². The molecule has 0 aliphatic carbocycles. The van der Waals surface area contributed by atoms with E-state index in [1.54, 1.807) is 38.6 Å². The Kier molecular flexibility index (Phi) is 9.97. The summed E-state index contributed by atoms with van der Waals surface area (Å²) in [6.07, 6.45) is 1.92. The van der Waals surface area contributed by atoms with Crippen molar-refractivity contribution >= 4 is 47.4 Å². The van der Waals surface area contributed by atoms with Crippen molar-refractivity contribution in [2.24, 2.45) is 0 Å². The van der Waals surface area contributed by atoms with Gasteiger partial charge in [-0.2, -0.15) is 0 Å². The maximum Gasteiger partial charge on any atom is 0.256 e. The number of benzene rings is 1. The Balaban J connectivity index is 0.00000200. The molecule has 1 amide bonds. The average molecular weight is 567 g/mol. The summed E-state index contributed by atoms with van der Waals surface area (Å²) >= 11 is 0. The van der Waals surface area contributed by atoms with Gasteiger partial charge >= 0.3 is 0 Å². The molecule has 38 heavy (non-hydrogen) atoms. The molecule has 1 unspecified atom stereocenters. The van der Waals surface area contributed by atoms with Crippen molar-refractivity contribution in [2.75, 3.05) is 52.4 Å². The summed E-state index contributed by atoms with van der Waals surface area (Å²) in [6, 6.07) is 10.8. The molecule has 4 heterocycles. The number of hydrogen-bond acceptors (Lipinski definition) is 9. The molecule has 0 bridgehead atoms. The molecule has 1 atom stereocenters. The number of aliphatic hydroxyl groups excluding tert-OH is 1. The minimum absolute atomic E-state index is 0. The lowest BCUT2D eigenvalue weighted by molar-refractivity contribution is -0.144. The number of anilines is 1. The highest BCUT2D eigenvalue weighted by molar-refractivity contribution is 6.03. The Hall–Kier alpha value is -2.89. The Morgan fingerprint density at radius 1 is 1.11 bits per heavy atom. The molecule has 2 N–H and O–H groups in total. The van der Waals surface area contributed by atoms with Crippen molar-refractivity contribution in [1.29, 1.82) is 0 Å². The zero-order chi connectivity index (χ0) is 25.1. The smallest absolute Gasteiger partial charge is 0.256 e. The van der Waals surface area contributed by atoms with Crippen LogP contribution in [0.4, 0.5) is 5.69 Å². The summed E-state index contributed by atoms with van der Waals surface area (Å²) < 4.78 is 22.2. The topological polar surface area (TPSA) is 115 Å². The number of β-amino-alcohol motifs (C(OH)–C–C–N with tert-alkyl or cyclic N) is 1. The molecule has 2 aliphatic rings. The van der Waals surface area contributed by atoms with Crippen LogP contribution >= 0.6 is 24.8 Å². The van der Waals surface area contributed by atoms with E-state index in [9.17, 15) is 9.90 Å². The number of hydrogen-bond donors (Lipinski definition) is 2. The molecule has 206 valence electrons. The minimum atomic E-state index is -0.979. The predicted octanol–water partition coefficient (Wildman–Crippen LogP) is 3.41. The highest BCUT2D eigenvalue weighted by Crippen LogP contribution is 2.34. The van der Waals surface area contributed by atoms with Crippen molar-refractivity contribution in [1.82, 2.24) is 14.9 Å².